The Labute approximate surface area is 184 Å². The summed E-state index contributed by atoms with van der Waals surface area (Å²) in [5.74, 6) is -1.36. The molecular weight excluding hydrogens is 443 g/mol. The smallest absolute Gasteiger partial charge is 0.433 e. The van der Waals surface area contributed by atoms with Gasteiger partial charge in [0.2, 0.25) is 5.75 Å². The molecule has 4 nitrogen and oxygen atoms in total. The van der Waals surface area contributed by atoms with Crippen LogP contribution in [0, 0.1) is 13.8 Å². The van der Waals surface area contributed by atoms with E-state index in [2.05, 4.69) is 15.3 Å². The molecule has 2 aromatic heterocycles. The van der Waals surface area contributed by atoms with Gasteiger partial charge in [0, 0.05) is 41.0 Å². The molecule has 1 atom stereocenters. The van der Waals surface area contributed by atoms with Crippen LogP contribution in [0.3, 0.4) is 0 Å². The summed E-state index contributed by atoms with van der Waals surface area (Å²) < 4.78 is 51.3. The maximum Gasteiger partial charge on any atom is 0.433 e. The number of pyridine rings is 1. The molecule has 0 fully saturated rings. The lowest BCUT2D eigenvalue weighted by atomic mass is 10.1. The van der Waals surface area contributed by atoms with Gasteiger partial charge in [0.15, 0.2) is 4.90 Å². The summed E-state index contributed by atoms with van der Waals surface area (Å²) in [4.78, 5) is 8.94. The Morgan fingerprint density at radius 1 is 1.10 bits per heavy atom. The summed E-state index contributed by atoms with van der Waals surface area (Å²) >= 11 is -0.629. The fourth-order valence-electron chi connectivity index (χ4n) is 3.21. The van der Waals surface area contributed by atoms with Gasteiger partial charge in [-0.3, -0.25) is 4.98 Å². The third-order valence-corrected chi connectivity index (χ3v) is 7.23. The molecule has 0 amide bonds. The van der Waals surface area contributed by atoms with E-state index in [4.69, 9.17) is 0 Å². The van der Waals surface area contributed by atoms with Gasteiger partial charge in [-0.1, -0.05) is 0 Å². The maximum absolute atomic E-state index is 12.7. The van der Waals surface area contributed by atoms with Gasteiger partial charge in [-0.2, -0.15) is 13.2 Å². The van der Waals surface area contributed by atoms with E-state index in [-0.39, 0.29) is 4.90 Å². The predicted molar refractivity (Wildman–Crippen MR) is 119 cm³/mol. The molecular formula is C22H18F3N3OS2. The number of aromatic nitrogens is 2. The van der Waals surface area contributed by atoms with E-state index in [0.717, 1.165) is 32.0 Å². The minimum absolute atomic E-state index is 0.183. The van der Waals surface area contributed by atoms with Crippen molar-refractivity contribution >= 4 is 44.1 Å². The standard InChI is InChI=1S/C22H18F3N3OS2/c1-13-8-14(2)20(31(29)12-22(23,24)25)10-18(13)27-16-5-6-17-19(9-16)30-21(28-17)15-4-3-7-26-11-15/h3-11,27H,12H2,1-2H3. The minimum atomic E-state index is -4.49. The first-order valence-corrected chi connectivity index (χ1v) is 11.5. The number of aryl methyl sites for hydroxylation is 2. The van der Waals surface area contributed by atoms with Crippen LogP contribution in [0.4, 0.5) is 24.5 Å². The number of nitrogens with zero attached hydrogens (tertiary/aromatic N) is 2. The Hall–Kier alpha value is -2.62. The summed E-state index contributed by atoms with van der Waals surface area (Å²) in [5, 5.41) is 4.11. The number of thiazole rings is 1. The van der Waals surface area contributed by atoms with E-state index in [1.807, 2.05) is 37.3 Å². The molecule has 0 aliphatic carbocycles. The maximum atomic E-state index is 12.7. The summed E-state index contributed by atoms with van der Waals surface area (Å²) in [6.07, 6.45) is -1.02. The Balaban J connectivity index is 1.63. The van der Waals surface area contributed by atoms with E-state index in [1.54, 1.807) is 31.5 Å². The molecule has 0 spiro atoms. The second-order valence-electron chi connectivity index (χ2n) is 7.11. The normalized spacial score (nSPS) is 12.8. The molecule has 0 aliphatic rings. The van der Waals surface area contributed by atoms with Crippen LogP contribution in [-0.4, -0.2) is 26.4 Å². The summed E-state index contributed by atoms with van der Waals surface area (Å²) in [6.45, 7) is 3.53. The van der Waals surface area contributed by atoms with E-state index in [0.29, 0.717) is 11.3 Å². The average molecular weight is 462 g/mol. The zero-order valence-electron chi connectivity index (χ0n) is 16.7. The van der Waals surface area contributed by atoms with Gasteiger partial charge < -0.3 is 9.87 Å². The van der Waals surface area contributed by atoms with Crippen molar-refractivity contribution in [1.82, 2.24) is 9.97 Å². The molecule has 160 valence electrons. The molecule has 0 bridgehead atoms. The van der Waals surface area contributed by atoms with Gasteiger partial charge in [0.25, 0.3) is 0 Å². The topological polar surface area (TPSA) is 60.9 Å². The fourth-order valence-corrected chi connectivity index (χ4v) is 5.32. The third-order valence-electron chi connectivity index (χ3n) is 4.64. The van der Waals surface area contributed by atoms with Crippen molar-refractivity contribution in [3.05, 3.63) is 66.0 Å². The van der Waals surface area contributed by atoms with E-state index >= 15 is 0 Å². The van der Waals surface area contributed by atoms with E-state index < -0.39 is 23.1 Å². The van der Waals surface area contributed by atoms with Crippen molar-refractivity contribution in [2.45, 2.75) is 24.9 Å². The molecule has 0 saturated carbocycles. The zero-order valence-corrected chi connectivity index (χ0v) is 18.3. The summed E-state index contributed by atoms with van der Waals surface area (Å²) in [7, 11) is 0. The van der Waals surface area contributed by atoms with Crippen LogP contribution in [0.2, 0.25) is 0 Å². The van der Waals surface area contributed by atoms with E-state index in [1.165, 1.54) is 11.3 Å². The highest BCUT2D eigenvalue weighted by Gasteiger charge is 2.36. The summed E-state index contributed by atoms with van der Waals surface area (Å²) in [6, 6.07) is 12.8. The number of nitrogens with one attached hydrogen (secondary N) is 1. The lowest BCUT2D eigenvalue weighted by molar-refractivity contribution is -0.106. The molecule has 1 unspecified atom stereocenters. The van der Waals surface area contributed by atoms with Gasteiger partial charge in [0.1, 0.15) is 5.01 Å². The quantitative estimate of drug-likeness (QED) is 0.350. The molecule has 2 heterocycles. The second kappa shape index (κ2) is 8.49. The molecule has 4 aromatic rings. The first-order chi connectivity index (χ1) is 14.7. The highest BCUT2D eigenvalue weighted by atomic mass is 32.2. The van der Waals surface area contributed by atoms with Crippen LogP contribution < -0.4 is 5.32 Å². The SMILES string of the molecule is Cc1cc(C)c([S+]([O-])CC(F)(F)F)cc1Nc1ccc2nc(-c3cccnc3)sc2c1. The van der Waals surface area contributed by atoms with Crippen molar-refractivity contribution in [3.8, 4) is 10.6 Å². The van der Waals surface area contributed by atoms with Gasteiger partial charge in [-0.15, -0.1) is 11.3 Å². The molecule has 1 N–H and O–H groups in total. The van der Waals surface area contributed by atoms with Gasteiger partial charge in [-0.25, -0.2) is 4.98 Å². The lowest BCUT2D eigenvalue weighted by Gasteiger charge is -2.17. The Kier molecular flexibility index (Phi) is 5.92. The molecule has 31 heavy (non-hydrogen) atoms. The molecule has 4 rings (SSSR count). The largest absolute Gasteiger partial charge is 0.611 e. The van der Waals surface area contributed by atoms with Crippen molar-refractivity contribution in [2.75, 3.05) is 11.1 Å². The van der Waals surface area contributed by atoms with Crippen LogP contribution >= 0.6 is 11.3 Å². The van der Waals surface area contributed by atoms with Gasteiger partial charge in [0.05, 0.1) is 10.2 Å². The van der Waals surface area contributed by atoms with Crippen LogP contribution in [0.25, 0.3) is 20.8 Å². The molecule has 0 saturated heterocycles. The van der Waals surface area contributed by atoms with Gasteiger partial charge in [-0.05, 0) is 67.0 Å². The molecule has 9 heteroatoms. The molecule has 0 radical (unpaired) electrons. The average Bonchev–Trinajstić information content (AvgIpc) is 3.13. The molecule has 0 aliphatic heterocycles. The van der Waals surface area contributed by atoms with Crippen molar-refractivity contribution in [3.63, 3.8) is 0 Å². The first kappa shape index (κ1) is 21.6. The predicted octanol–water partition coefficient (Wildman–Crippen LogP) is 6.39. The number of benzene rings is 2. The van der Waals surface area contributed by atoms with Gasteiger partial charge >= 0.3 is 6.18 Å². The highest BCUT2D eigenvalue weighted by Crippen LogP contribution is 2.34. The second-order valence-corrected chi connectivity index (χ2v) is 9.56. The number of rotatable bonds is 5. The van der Waals surface area contributed by atoms with Crippen LogP contribution in [0.15, 0.2) is 59.8 Å². The minimum Gasteiger partial charge on any atom is -0.611 e. The first-order valence-electron chi connectivity index (χ1n) is 9.34. The number of alkyl halides is 3. The van der Waals surface area contributed by atoms with Crippen LogP contribution in [0.5, 0.6) is 0 Å². The number of hydrogen-bond donors (Lipinski definition) is 1. The Bertz CT molecular complexity index is 1230. The highest BCUT2D eigenvalue weighted by molar-refractivity contribution is 7.91. The Morgan fingerprint density at radius 3 is 2.61 bits per heavy atom. The van der Waals surface area contributed by atoms with E-state index in [9.17, 15) is 17.7 Å². The van der Waals surface area contributed by atoms with Crippen LogP contribution in [-0.2, 0) is 11.2 Å². The lowest BCUT2D eigenvalue weighted by Crippen LogP contribution is -2.23. The van der Waals surface area contributed by atoms with Crippen LogP contribution in [0.1, 0.15) is 11.1 Å². The van der Waals surface area contributed by atoms with Crippen molar-refractivity contribution < 1.29 is 17.7 Å². The molecule has 2 aromatic carbocycles. The number of fused-ring (bicyclic) bond motifs is 1. The number of halogens is 3. The number of anilines is 2. The zero-order chi connectivity index (χ0) is 22.2. The third kappa shape index (κ3) is 5.00. The monoisotopic (exact) mass is 461 g/mol. The fraction of sp³-hybridized carbons (Fsp3) is 0.182. The summed E-state index contributed by atoms with van der Waals surface area (Å²) in [5.41, 5.74) is 4.60. The van der Waals surface area contributed by atoms with Crippen molar-refractivity contribution in [2.24, 2.45) is 0 Å². The Morgan fingerprint density at radius 2 is 1.90 bits per heavy atom. The van der Waals surface area contributed by atoms with Crippen molar-refractivity contribution in [1.29, 1.82) is 0 Å². The number of hydrogen-bond acceptors (Lipinski definition) is 5.